The van der Waals surface area contributed by atoms with Crippen molar-refractivity contribution in [2.24, 2.45) is 0 Å². The summed E-state index contributed by atoms with van der Waals surface area (Å²) >= 11 is 0. The third-order valence-electron chi connectivity index (χ3n) is 10.0. The molecular formula is C48H30O. The van der Waals surface area contributed by atoms with Crippen molar-refractivity contribution in [3.63, 3.8) is 0 Å². The van der Waals surface area contributed by atoms with Gasteiger partial charge in [0, 0.05) is 10.8 Å². The Bertz CT molecular complexity index is 2820. The van der Waals surface area contributed by atoms with Gasteiger partial charge in [0.1, 0.15) is 11.2 Å². The van der Waals surface area contributed by atoms with Crippen molar-refractivity contribution >= 4 is 54.3 Å². The number of para-hydroxylation sites is 1. The Morgan fingerprint density at radius 1 is 0.265 bits per heavy atom. The zero-order valence-electron chi connectivity index (χ0n) is 26.7. The molecule has 0 aliphatic heterocycles. The van der Waals surface area contributed by atoms with E-state index in [4.69, 9.17) is 4.42 Å². The molecule has 9 aromatic carbocycles. The quantitative estimate of drug-likeness (QED) is 0.178. The van der Waals surface area contributed by atoms with Crippen LogP contribution >= 0.6 is 0 Å². The molecule has 0 N–H and O–H groups in total. The number of hydrogen-bond donors (Lipinski definition) is 0. The van der Waals surface area contributed by atoms with E-state index in [1.807, 2.05) is 12.1 Å². The molecule has 0 aliphatic carbocycles. The monoisotopic (exact) mass is 622 g/mol. The van der Waals surface area contributed by atoms with Gasteiger partial charge in [-0.3, -0.25) is 0 Å². The number of rotatable bonds is 4. The lowest BCUT2D eigenvalue weighted by Crippen LogP contribution is -1.92. The highest BCUT2D eigenvalue weighted by molar-refractivity contribution is 6.24. The van der Waals surface area contributed by atoms with Gasteiger partial charge in [0.05, 0.1) is 0 Å². The lowest BCUT2D eigenvalue weighted by molar-refractivity contribution is 0.669. The molecule has 10 rings (SSSR count). The van der Waals surface area contributed by atoms with Gasteiger partial charge in [0.25, 0.3) is 0 Å². The molecule has 0 aliphatic rings. The average molecular weight is 623 g/mol. The summed E-state index contributed by atoms with van der Waals surface area (Å²) in [5.74, 6) is 0. The van der Waals surface area contributed by atoms with Crippen molar-refractivity contribution in [1.29, 1.82) is 0 Å². The highest BCUT2D eigenvalue weighted by Gasteiger charge is 2.20. The van der Waals surface area contributed by atoms with E-state index in [1.165, 1.54) is 71.3 Å². The van der Waals surface area contributed by atoms with E-state index in [-0.39, 0.29) is 0 Å². The van der Waals surface area contributed by atoms with Crippen LogP contribution in [0.5, 0.6) is 0 Å². The molecule has 0 spiro atoms. The van der Waals surface area contributed by atoms with Crippen molar-refractivity contribution in [1.82, 2.24) is 0 Å². The second-order valence-electron chi connectivity index (χ2n) is 12.8. The second-order valence-corrected chi connectivity index (χ2v) is 12.8. The molecule has 1 nitrogen and oxygen atoms in total. The Labute approximate surface area is 284 Å². The maximum Gasteiger partial charge on any atom is 0.136 e. The fraction of sp³-hybridized carbons (Fsp3) is 0. The Morgan fingerprint density at radius 3 is 1.55 bits per heavy atom. The van der Waals surface area contributed by atoms with E-state index >= 15 is 0 Å². The van der Waals surface area contributed by atoms with Crippen molar-refractivity contribution in [3.05, 3.63) is 182 Å². The first-order valence-corrected chi connectivity index (χ1v) is 16.8. The summed E-state index contributed by atoms with van der Waals surface area (Å²) in [5, 5.41) is 9.70. The minimum absolute atomic E-state index is 0.910. The van der Waals surface area contributed by atoms with Crippen molar-refractivity contribution in [3.8, 4) is 44.5 Å². The molecule has 228 valence electrons. The molecule has 0 fully saturated rings. The SMILES string of the molecule is c1ccc(-c2cccc(-c3cc(-c4c5ccccc5c(-c5ccc6c(c5)oc5ccccc56)c5ccccc45)c4ccccc4c3)c2)cc1. The number of furan rings is 1. The molecule has 0 unspecified atom stereocenters. The van der Waals surface area contributed by atoms with Crippen LogP contribution in [0.4, 0.5) is 0 Å². The molecule has 0 radical (unpaired) electrons. The van der Waals surface area contributed by atoms with E-state index < -0.39 is 0 Å². The van der Waals surface area contributed by atoms with E-state index in [0.717, 1.165) is 27.5 Å². The van der Waals surface area contributed by atoms with Crippen LogP contribution in [-0.4, -0.2) is 0 Å². The predicted molar refractivity (Wildman–Crippen MR) is 208 cm³/mol. The van der Waals surface area contributed by atoms with Crippen LogP contribution in [0.25, 0.3) is 98.8 Å². The number of hydrogen-bond acceptors (Lipinski definition) is 1. The van der Waals surface area contributed by atoms with Gasteiger partial charge in [-0.05, 0) is 113 Å². The van der Waals surface area contributed by atoms with E-state index in [2.05, 4.69) is 170 Å². The third-order valence-corrected chi connectivity index (χ3v) is 10.0. The molecule has 0 saturated heterocycles. The van der Waals surface area contributed by atoms with Gasteiger partial charge in [-0.1, -0.05) is 146 Å². The van der Waals surface area contributed by atoms with Crippen LogP contribution in [0.2, 0.25) is 0 Å². The van der Waals surface area contributed by atoms with Gasteiger partial charge < -0.3 is 4.42 Å². The molecule has 1 aromatic heterocycles. The van der Waals surface area contributed by atoms with Crippen LogP contribution in [0, 0.1) is 0 Å². The summed E-state index contributed by atoms with van der Waals surface area (Å²) in [7, 11) is 0. The first-order valence-electron chi connectivity index (χ1n) is 16.8. The molecule has 49 heavy (non-hydrogen) atoms. The summed E-state index contributed by atoms with van der Waals surface area (Å²) in [6, 6.07) is 65.9. The lowest BCUT2D eigenvalue weighted by atomic mass is 9.83. The third kappa shape index (κ3) is 4.47. The minimum Gasteiger partial charge on any atom is -0.456 e. The molecule has 0 saturated carbocycles. The summed E-state index contributed by atoms with van der Waals surface area (Å²) in [4.78, 5) is 0. The fourth-order valence-corrected chi connectivity index (χ4v) is 7.80. The Kier molecular flexibility index (Phi) is 6.25. The van der Waals surface area contributed by atoms with Crippen LogP contribution in [-0.2, 0) is 0 Å². The van der Waals surface area contributed by atoms with E-state index in [0.29, 0.717) is 0 Å². The first-order chi connectivity index (χ1) is 24.3. The molecule has 0 atom stereocenters. The zero-order chi connectivity index (χ0) is 32.3. The highest BCUT2D eigenvalue weighted by Crippen LogP contribution is 2.47. The standard InChI is InChI=1S/C48H30O/c1-2-13-31(14-3-1)32-16-12-17-33(27-32)36-28-34-15-4-5-18-37(34)44(29-36)48-42-22-8-6-20-40(42)47(41-21-7-9-23-43(41)48)35-25-26-39-38-19-10-11-24-45(38)49-46(39)30-35/h1-30H. The van der Waals surface area contributed by atoms with Gasteiger partial charge in [0.2, 0.25) is 0 Å². The van der Waals surface area contributed by atoms with Gasteiger partial charge >= 0.3 is 0 Å². The largest absolute Gasteiger partial charge is 0.456 e. The van der Waals surface area contributed by atoms with Crippen LogP contribution in [0.15, 0.2) is 186 Å². The summed E-state index contributed by atoms with van der Waals surface area (Å²) in [6.07, 6.45) is 0. The van der Waals surface area contributed by atoms with E-state index in [1.54, 1.807) is 0 Å². The highest BCUT2D eigenvalue weighted by atomic mass is 16.3. The predicted octanol–water partition coefficient (Wildman–Crippen LogP) is 13.7. The normalized spacial score (nSPS) is 11.7. The first kappa shape index (κ1) is 27.7. The maximum absolute atomic E-state index is 6.37. The molecule has 1 heteroatoms. The summed E-state index contributed by atoms with van der Waals surface area (Å²) in [5.41, 5.74) is 11.6. The van der Waals surface area contributed by atoms with Gasteiger partial charge in [-0.25, -0.2) is 0 Å². The number of benzene rings is 9. The molecule has 0 amide bonds. The lowest BCUT2D eigenvalue weighted by Gasteiger charge is -2.20. The Balaban J connectivity index is 1.25. The smallest absolute Gasteiger partial charge is 0.136 e. The molecule has 0 bridgehead atoms. The molecular weight excluding hydrogens is 593 g/mol. The van der Waals surface area contributed by atoms with Gasteiger partial charge in [-0.2, -0.15) is 0 Å². The zero-order valence-corrected chi connectivity index (χ0v) is 26.7. The average Bonchev–Trinajstić information content (AvgIpc) is 3.55. The van der Waals surface area contributed by atoms with Crippen molar-refractivity contribution in [2.45, 2.75) is 0 Å². The Hall–Kier alpha value is -6.44. The fourth-order valence-electron chi connectivity index (χ4n) is 7.80. The van der Waals surface area contributed by atoms with Gasteiger partial charge in [-0.15, -0.1) is 0 Å². The van der Waals surface area contributed by atoms with Crippen molar-refractivity contribution < 1.29 is 4.42 Å². The van der Waals surface area contributed by atoms with E-state index in [9.17, 15) is 0 Å². The Morgan fingerprint density at radius 2 is 0.816 bits per heavy atom. The topological polar surface area (TPSA) is 13.1 Å². The van der Waals surface area contributed by atoms with Gasteiger partial charge in [0.15, 0.2) is 0 Å². The van der Waals surface area contributed by atoms with Crippen LogP contribution in [0.1, 0.15) is 0 Å². The van der Waals surface area contributed by atoms with Crippen LogP contribution in [0.3, 0.4) is 0 Å². The maximum atomic E-state index is 6.37. The molecule has 10 aromatic rings. The molecule has 1 heterocycles. The van der Waals surface area contributed by atoms with Crippen molar-refractivity contribution in [2.75, 3.05) is 0 Å². The number of fused-ring (bicyclic) bond motifs is 6. The minimum atomic E-state index is 0.910. The second kappa shape index (κ2) is 11.1. The summed E-state index contributed by atoms with van der Waals surface area (Å²) < 4.78 is 6.37. The van der Waals surface area contributed by atoms with Crippen LogP contribution < -0.4 is 0 Å². The summed E-state index contributed by atoms with van der Waals surface area (Å²) in [6.45, 7) is 0.